The van der Waals surface area contributed by atoms with Crippen molar-refractivity contribution in [3.63, 3.8) is 0 Å². The van der Waals surface area contributed by atoms with Crippen molar-refractivity contribution in [2.75, 3.05) is 4.31 Å². The van der Waals surface area contributed by atoms with Crippen LogP contribution in [0.2, 0.25) is 0 Å². The number of fused-ring (bicyclic) bond motifs is 1. The molecule has 190 valence electrons. The van der Waals surface area contributed by atoms with Crippen LogP contribution in [-0.4, -0.2) is 17.8 Å². The standard InChI is InChI=1S/C24H19F6N3O2S/c1-2-20-22(31-21-19(24(28,29)30)9-6-14-32(20)21)33(36(34,35)18-7-4-3-5-8-18)15-16-10-12-17(13-11-16)23(25,26)27/h3-14H,2,15H2,1H3. The van der Waals surface area contributed by atoms with Crippen molar-refractivity contribution in [3.05, 3.63) is 95.3 Å². The second-order valence-corrected chi connectivity index (χ2v) is 9.73. The Hall–Kier alpha value is -3.54. The third kappa shape index (κ3) is 4.77. The molecule has 0 saturated carbocycles. The van der Waals surface area contributed by atoms with Crippen molar-refractivity contribution in [3.8, 4) is 0 Å². The lowest BCUT2D eigenvalue weighted by Gasteiger charge is -2.24. The molecule has 12 heteroatoms. The minimum atomic E-state index is -4.74. The monoisotopic (exact) mass is 527 g/mol. The van der Waals surface area contributed by atoms with Crippen LogP contribution in [0.3, 0.4) is 0 Å². The number of benzene rings is 2. The maximum Gasteiger partial charge on any atom is 0.419 e. The average molecular weight is 527 g/mol. The predicted molar refractivity (Wildman–Crippen MR) is 121 cm³/mol. The maximum absolute atomic E-state index is 13.7. The Bertz CT molecular complexity index is 1480. The molecule has 36 heavy (non-hydrogen) atoms. The van der Waals surface area contributed by atoms with Gasteiger partial charge in [-0.05, 0) is 48.4 Å². The number of sulfonamides is 1. The quantitative estimate of drug-likeness (QED) is 0.276. The first-order valence-electron chi connectivity index (χ1n) is 10.6. The van der Waals surface area contributed by atoms with E-state index in [1.165, 1.54) is 40.9 Å². The zero-order valence-corrected chi connectivity index (χ0v) is 19.5. The molecule has 2 heterocycles. The topological polar surface area (TPSA) is 54.7 Å². The summed E-state index contributed by atoms with van der Waals surface area (Å²) in [7, 11) is -4.37. The minimum absolute atomic E-state index is 0.131. The lowest BCUT2D eigenvalue weighted by Crippen LogP contribution is -2.31. The Balaban J connectivity index is 1.92. The molecule has 2 aromatic carbocycles. The highest BCUT2D eigenvalue weighted by atomic mass is 32.2. The van der Waals surface area contributed by atoms with Crippen molar-refractivity contribution < 1.29 is 34.8 Å². The molecule has 4 aromatic rings. The van der Waals surface area contributed by atoms with Crippen LogP contribution in [0.15, 0.2) is 77.8 Å². The van der Waals surface area contributed by atoms with E-state index < -0.39 is 45.7 Å². The summed E-state index contributed by atoms with van der Waals surface area (Å²) in [4.78, 5) is 3.96. The molecule has 0 aliphatic rings. The molecule has 0 N–H and O–H groups in total. The highest BCUT2D eigenvalue weighted by Crippen LogP contribution is 2.36. The van der Waals surface area contributed by atoms with E-state index in [-0.39, 0.29) is 28.4 Å². The molecule has 0 spiro atoms. The van der Waals surface area contributed by atoms with Crippen LogP contribution in [0.4, 0.5) is 32.2 Å². The van der Waals surface area contributed by atoms with Gasteiger partial charge in [-0.3, -0.25) is 0 Å². The molecule has 0 saturated heterocycles. The number of pyridine rings is 1. The van der Waals surface area contributed by atoms with E-state index in [0.29, 0.717) is 0 Å². The van der Waals surface area contributed by atoms with Crippen LogP contribution in [0, 0.1) is 0 Å². The van der Waals surface area contributed by atoms with Gasteiger partial charge in [-0.15, -0.1) is 0 Å². The van der Waals surface area contributed by atoms with Gasteiger partial charge in [-0.25, -0.2) is 17.7 Å². The summed E-state index contributed by atoms with van der Waals surface area (Å²) in [5, 5.41) is 0. The Labute approximate surface area is 202 Å². The third-order valence-electron chi connectivity index (χ3n) is 5.54. The molecule has 0 fully saturated rings. The number of anilines is 1. The molecule has 0 unspecified atom stereocenters. The van der Waals surface area contributed by atoms with E-state index in [2.05, 4.69) is 4.98 Å². The van der Waals surface area contributed by atoms with Gasteiger partial charge in [0.15, 0.2) is 11.5 Å². The number of aryl methyl sites for hydroxylation is 1. The van der Waals surface area contributed by atoms with Crippen molar-refractivity contribution in [2.45, 2.75) is 37.1 Å². The molecule has 0 bridgehead atoms. The summed E-state index contributed by atoms with van der Waals surface area (Å²) >= 11 is 0. The van der Waals surface area contributed by atoms with Gasteiger partial charge in [0.1, 0.15) is 0 Å². The van der Waals surface area contributed by atoms with Crippen molar-refractivity contribution in [2.24, 2.45) is 0 Å². The number of hydrogen-bond acceptors (Lipinski definition) is 3. The molecule has 4 rings (SSSR count). The summed E-state index contributed by atoms with van der Waals surface area (Å²) in [6.07, 6.45) is -7.84. The summed E-state index contributed by atoms with van der Waals surface area (Å²) < 4.78 is 109. The van der Waals surface area contributed by atoms with E-state index in [4.69, 9.17) is 0 Å². The van der Waals surface area contributed by atoms with E-state index in [0.717, 1.165) is 34.6 Å². The SMILES string of the molecule is CCc1c(N(Cc2ccc(C(F)(F)F)cc2)S(=O)(=O)c2ccccc2)nc2c(C(F)(F)F)cccn12. The maximum atomic E-state index is 13.7. The Morgan fingerprint density at radius 1 is 0.861 bits per heavy atom. The lowest BCUT2D eigenvalue weighted by molar-refractivity contribution is -0.138. The smallest absolute Gasteiger partial charge is 0.301 e. The number of alkyl halides is 6. The third-order valence-corrected chi connectivity index (χ3v) is 7.29. The van der Waals surface area contributed by atoms with Gasteiger partial charge < -0.3 is 4.40 Å². The first kappa shape index (κ1) is 25.5. The number of halogens is 6. The summed E-state index contributed by atoms with van der Waals surface area (Å²) in [5.74, 6) is -0.238. The van der Waals surface area contributed by atoms with Gasteiger partial charge in [-0.1, -0.05) is 37.3 Å². The first-order chi connectivity index (χ1) is 16.8. The summed E-state index contributed by atoms with van der Waals surface area (Å²) in [5.41, 5.74) is -2.05. The van der Waals surface area contributed by atoms with Gasteiger partial charge >= 0.3 is 12.4 Å². The summed E-state index contributed by atoms with van der Waals surface area (Å²) in [6.45, 7) is 1.19. The molecule has 2 aromatic heterocycles. The van der Waals surface area contributed by atoms with Crippen molar-refractivity contribution >= 4 is 21.5 Å². The molecule has 0 radical (unpaired) electrons. The predicted octanol–water partition coefficient (Wildman–Crippen LogP) is 6.33. The fourth-order valence-corrected chi connectivity index (χ4v) is 5.26. The molecular weight excluding hydrogens is 508 g/mol. The summed E-state index contributed by atoms with van der Waals surface area (Å²) in [6, 6.07) is 13.1. The zero-order chi connectivity index (χ0) is 26.3. The number of nitrogens with zero attached hydrogens (tertiary/aromatic N) is 3. The molecule has 0 aliphatic heterocycles. The van der Waals surface area contributed by atoms with Gasteiger partial charge in [-0.2, -0.15) is 26.3 Å². The van der Waals surface area contributed by atoms with Crippen LogP contribution < -0.4 is 4.31 Å². The lowest BCUT2D eigenvalue weighted by atomic mass is 10.1. The van der Waals surface area contributed by atoms with Crippen LogP contribution in [0.25, 0.3) is 5.65 Å². The fraction of sp³-hybridized carbons (Fsp3) is 0.208. The van der Waals surface area contributed by atoms with Gasteiger partial charge in [0.05, 0.1) is 28.3 Å². The van der Waals surface area contributed by atoms with Gasteiger partial charge in [0.2, 0.25) is 0 Å². The average Bonchev–Trinajstić information content (AvgIpc) is 3.20. The molecular formula is C24H19F6N3O2S. The largest absolute Gasteiger partial charge is 0.419 e. The molecule has 0 atom stereocenters. The second-order valence-electron chi connectivity index (χ2n) is 7.87. The molecule has 0 aliphatic carbocycles. The second kappa shape index (κ2) is 9.16. The van der Waals surface area contributed by atoms with Crippen LogP contribution in [-0.2, 0) is 35.3 Å². The van der Waals surface area contributed by atoms with Crippen molar-refractivity contribution in [1.29, 1.82) is 0 Å². The first-order valence-corrected chi connectivity index (χ1v) is 12.1. The fourth-order valence-electron chi connectivity index (χ4n) is 3.81. The van der Waals surface area contributed by atoms with Crippen LogP contribution in [0.5, 0.6) is 0 Å². The highest BCUT2D eigenvalue weighted by molar-refractivity contribution is 7.92. The van der Waals surface area contributed by atoms with E-state index in [1.807, 2.05) is 0 Å². The highest BCUT2D eigenvalue weighted by Gasteiger charge is 2.37. The Kier molecular flexibility index (Phi) is 6.50. The number of rotatable bonds is 6. The van der Waals surface area contributed by atoms with Crippen LogP contribution in [0.1, 0.15) is 29.3 Å². The van der Waals surface area contributed by atoms with Gasteiger partial charge in [0, 0.05) is 6.20 Å². The van der Waals surface area contributed by atoms with E-state index in [1.54, 1.807) is 13.0 Å². The van der Waals surface area contributed by atoms with Crippen LogP contribution >= 0.6 is 0 Å². The Morgan fingerprint density at radius 2 is 1.50 bits per heavy atom. The number of imidazole rings is 1. The zero-order valence-electron chi connectivity index (χ0n) is 18.7. The normalized spacial score (nSPS) is 12.8. The van der Waals surface area contributed by atoms with E-state index >= 15 is 0 Å². The number of aromatic nitrogens is 2. The molecule has 5 nitrogen and oxygen atoms in total. The minimum Gasteiger partial charge on any atom is -0.301 e. The van der Waals surface area contributed by atoms with Crippen molar-refractivity contribution in [1.82, 2.24) is 9.38 Å². The van der Waals surface area contributed by atoms with Gasteiger partial charge in [0.25, 0.3) is 10.0 Å². The van der Waals surface area contributed by atoms with E-state index in [9.17, 15) is 34.8 Å². The Morgan fingerprint density at radius 3 is 2.06 bits per heavy atom. The molecule has 0 amide bonds. The number of hydrogen-bond donors (Lipinski definition) is 0.